The third-order valence-corrected chi connectivity index (χ3v) is 3.66. The van der Waals surface area contributed by atoms with Gasteiger partial charge in [-0.25, -0.2) is 4.79 Å². The molecule has 0 aromatic heterocycles. The molecule has 1 aliphatic heterocycles. The summed E-state index contributed by atoms with van der Waals surface area (Å²) in [5, 5.41) is 9.90. The lowest BCUT2D eigenvalue weighted by atomic mass is 10.1. The highest BCUT2D eigenvalue weighted by atomic mass is 16.6. The van der Waals surface area contributed by atoms with Crippen molar-refractivity contribution in [3.63, 3.8) is 0 Å². The minimum atomic E-state index is -0.491. The number of nitrogens with zero attached hydrogens (tertiary/aromatic N) is 2. The van der Waals surface area contributed by atoms with E-state index in [2.05, 4.69) is 4.90 Å². The van der Waals surface area contributed by atoms with Crippen LogP contribution in [0.25, 0.3) is 0 Å². The summed E-state index contributed by atoms with van der Waals surface area (Å²) in [5.41, 5.74) is 0.778. The van der Waals surface area contributed by atoms with Crippen molar-refractivity contribution >= 4 is 12.4 Å². The van der Waals surface area contributed by atoms with Crippen molar-refractivity contribution in [1.29, 1.82) is 0 Å². The van der Waals surface area contributed by atoms with Crippen LogP contribution in [0, 0.1) is 0 Å². The average Bonchev–Trinajstić information content (AvgIpc) is 2.48. The maximum atomic E-state index is 12.0. The third kappa shape index (κ3) is 4.96. The van der Waals surface area contributed by atoms with Gasteiger partial charge in [0.05, 0.1) is 0 Å². The minimum Gasteiger partial charge on any atom is -0.508 e. The van der Waals surface area contributed by atoms with Crippen molar-refractivity contribution < 1.29 is 19.4 Å². The number of benzene rings is 1. The lowest BCUT2D eigenvalue weighted by molar-refractivity contribution is 0.0138. The Kier molecular flexibility index (Phi) is 5.26. The molecule has 1 aromatic rings. The first-order valence-corrected chi connectivity index (χ1v) is 7.76. The van der Waals surface area contributed by atoms with E-state index in [0.717, 1.165) is 11.8 Å². The van der Waals surface area contributed by atoms with Crippen molar-refractivity contribution in [2.45, 2.75) is 32.9 Å². The van der Waals surface area contributed by atoms with E-state index in [0.29, 0.717) is 38.3 Å². The molecule has 1 N–H and O–H groups in total. The van der Waals surface area contributed by atoms with Crippen molar-refractivity contribution in [2.75, 3.05) is 26.2 Å². The van der Waals surface area contributed by atoms with Gasteiger partial charge in [-0.3, -0.25) is 9.69 Å². The summed E-state index contributed by atoms with van der Waals surface area (Å²) in [6, 6.07) is 4.82. The second-order valence-electron chi connectivity index (χ2n) is 6.75. The molecule has 0 unspecified atom stereocenters. The Morgan fingerprint density at radius 1 is 1.26 bits per heavy atom. The molecule has 1 aliphatic rings. The predicted octanol–water partition coefficient (Wildman–Crippen LogP) is 2.26. The normalized spacial score (nSPS) is 16.2. The van der Waals surface area contributed by atoms with Crippen molar-refractivity contribution in [3.8, 4) is 5.75 Å². The Balaban J connectivity index is 1.90. The predicted molar refractivity (Wildman–Crippen MR) is 86.6 cm³/mol. The quantitative estimate of drug-likeness (QED) is 0.865. The van der Waals surface area contributed by atoms with Crippen LogP contribution >= 0.6 is 0 Å². The van der Waals surface area contributed by atoms with E-state index in [-0.39, 0.29) is 11.8 Å². The SMILES string of the molecule is CC(C)(C)OC(=O)N1CCN(Cc2cc(C=O)ccc2O)CC1. The highest BCUT2D eigenvalue weighted by Crippen LogP contribution is 2.21. The average molecular weight is 320 g/mol. The number of hydrogen-bond acceptors (Lipinski definition) is 5. The Morgan fingerprint density at radius 3 is 2.48 bits per heavy atom. The van der Waals surface area contributed by atoms with Gasteiger partial charge in [-0.15, -0.1) is 0 Å². The van der Waals surface area contributed by atoms with Crippen molar-refractivity contribution in [2.24, 2.45) is 0 Å². The lowest BCUT2D eigenvalue weighted by Gasteiger charge is -2.35. The molecule has 1 amide bonds. The minimum absolute atomic E-state index is 0.185. The largest absolute Gasteiger partial charge is 0.508 e. The number of phenols is 1. The van der Waals surface area contributed by atoms with Gasteiger partial charge in [0.2, 0.25) is 0 Å². The van der Waals surface area contributed by atoms with E-state index in [9.17, 15) is 14.7 Å². The number of piperazine rings is 1. The molecule has 6 heteroatoms. The molecule has 0 spiro atoms. The van der Waals surface area contributed by atoms with Crippen LogP contribution in [0.4, 0.5) is 4.79 Å². The number of aromatic hydroxyl groups is 1. The number of hydrogen-bond donors (Lipinski definition) is 1. The number of carbonyl (C=O) groups excluding carboxylic acids is 2. The molecule has 0 aliphatic carbocycles. The van der Waals surface area contributed by atoms with Gasteiger partial charge in [0.25, 0.3) is 0 Å². The van der Waals surface area contributed by atoms with Crippen LogP contribution in [0.15, 0.2) is 18.2 Å². The fourth-order valence-electron chi connectivity index (χ4n) is 2.46. The molecule has 1 saturated heterocycles. The van der Waals surface area contributed by atoms with Gasteiger partial charge < -0.3 is 14.7 Å². The Hall–Kier alpha value is -2.08. The number of carbonyl (C=O) groups is 2. The Labute approximate surface area is 136 Å². The topological polar surface area (TPSA) is 70.1 Å². The summed E-state index contributed by atoms with van der Waals surface area (Å²) in [7, 11) is 0. The highest BCUT2D eigenvalue weighted by Gasteiger charge is 2.26. The zero-order valence-electron chi connectivity index (χ0n) is 13.9. The molecule has 6 nitrogen and oxygen atoms in total. The van der Waals surface area contributed by atoms with Crippen LogP contribution in [0.3, 0.4) is 0 Å². The molecule has 1 heterocycles. The standard InChI is InChI=1S/C17H24N2O4/c1-17(2,3)23-16(22)19-8-6-18(7-9-19)11-14-10-13(12-20)4-5-15(14)21/h4-5,10,12,21H,6-9,11H2,1-3H3. The van der Waals surface area contributed by atoms with Crippen LogP contribution in [0.1, 0.15) is 36.7 Å². The van der Waals surface area contributed by atoms with Crippen molar-refractivity contribution in [3.05, 3.63) is 29.3 Å². The van der Waals surface area contributed by atoms with Gasteiger partial charge in [-0.1, -0.05) is 0 Å². The van der Waals surface area contributed by atoms with Gasteiger partial charge in [-0.2, -0.15) is 0 Å². The number of aldehydes is 1. The molecule has 1 aromatic carbocycles. The lowest BCUT2D eigenvalue weighted by Crippen LogP contribution is -2.49. The number of rotatable bonds is 3. The van der Waals surface area contributed by atoms with Gasteiger partial charge in [0, 0.05) is 43.9 Å². The zero-order valence-corrected chi connectivity index (χ0v) is 13.9. The number of ether oxygens (including phenoxy) is 1. The molecule has 0 radical (unpaired) electrons. The molecule has 126 valence electrons. The Morgan fingerprint density at radius 2 is 1.91 bits per heavy atom. The molecular weight excluding hydrogens is 296 g/mol. The van der Waals surface area contributed by atoms with Gasteiger partial charge in [0.1, 0.15) is 17.6 Å². The first kappa shape index (κ1) is 17.3. The molecule has 2 rings (SSSR count). The molecule has 0 saturated carbocycles. The molecular formula is C17H24N2O4. The van der Waals surface area contributed by atoms with Crippen LogP contribution in [-0.2, 0) is 11.3 Å². The second kappa shape index (κ2) is 7.00. The summed E-state index contributed by atoms with van der Waals surface area (Å²) >= 11 is 0. The Bertz CT molecular complexity index is 572. The summed E-state index contributed by atoms with van der Waals surface area (Å²) in [5.74, 6) is 0.185. The monoisotopic (exact) mass is 320 g/mol. The van der Waals surface area contributed by atoms with Crippen LogP contribution in [-0.4, -0.2) is 59.1 Å². The molecule has 0 bridgehead atoms. The van der Waals surface area contributed by atoms with E-state index in [4.69, 9.17) is 4.74 Å². The second-order valence-corrected chi connectivity index (χ2v) is 6.75. The van der Waals surface area contributed by atoms with Crippen LogP contribution in [0.2, 0.25) is 0 Å². The number of amides is 1. The maximum Gasteiger partial charge on any atom is 0.410 e. The van der Waals surface area contributed by atoms with E-state index < -0.39 is 5.60 Å². The molecule has 1 fully saturated rings. The fraction of sp³-hybridized carbons (Fsp3) is 0.529. The zero-order chi connectivity index (χ0) is 17.0. The third-order valence-electron chi connectivity index (χ3n) is 3.66. The highest BCUT2D eigenvalue weighted by molar-refractivity contribution is 5.75. The summed E-state index contributed by atoms with van der Waals surface area (Å²) in [6.45, 7) is 8.67. The smallest absolute Gasteiger partial charge is 0.410 e. The van der Waals surface area contributed by atoms with Gasteiger partial charge in [0.15, 0.2) is 0 Å². The first-order valence-electron chi connectivity index (χ1n) is 7.76. The first-order chi connectivity index (χ1) is 10.8. The summed E-state index contributed by atoms with van der Waals surface area (Å²) < 4.78 is 5.37. The van der Waals surface area contributed by atoms with Gasteiger partial charge in [-0.05, 0) is 39.0 Å². The summed E-state index contributed by atoms with van der Waals surface area (Å²) in [4.78, 5) is 26.7. The summed E-state index contributed by atoms with van der Waals surface area (Å²) in [6.07, 6.45) is 0.478. The molecule has 23 heavy (non-hydrogen) atoms. The van der Waals surface area contributed by atoms with Crippen molar-refractivity contribution in [1.82, 2.24) is 9.80 Å². The van der Waals surface area contributed by atoms with E-state index in [1.54, 1.807) is 17.0 Å². The van der Waals surface area contributed by atoms with E-state index in [1.165, 1.54) is 6.07 Å². The number of phenolic OH excluding ortho intramolecular Hbond substituents is 1. The fourth-order valence-corrected chi connectivity index (χ4v) is 2.46. The van der Waals surface area contributed by atoms with E-state index in [1.807, 2.05) is 20.8 Å². The van der Waals surface area contributed by atoms with E-state index >= 15 is 0 Å². The van der Waals surface area contributed by atoms with Crippen LogP contribution in [0.5, 0.6) is 5.75 Å². The maximum absolute atomic E-state index is 12.0. The van der Waals surface area contributed by atoms with Crippen LogP contribution < -0.4 is 0 Å². The van der Waals surface area contributed by atoms with Gasteiger partial charge >= 0.3 is 6.09 Å². The molecule has 0 atom stereocenters.